The quantitative estimate of drug-likeness (QED) is 0.535. The molecule has 0 heterocycles. The van der Waals surface area contributed by atoms with Gasteiger partial charge in [-0.1, -0.05) is 47.7 Å². The minimum atomic E-state index is 0.409. The van der Waals surface area contributed by atoms with Crippen LogP contribution < -0.4 is 9.47 Å². The maximum Gasteiger partial charge on any atom is 0.138 e. The molecule has 3 heteroatoms. The Morgan fingerprint density at radius 1 is 0.704 bits per heavy atom. The van der Waals surface area contributed by atoms with E-state index in [1.807, 2.05) is 54.6 Å². The number of halogens is 1. The molecule has 0 saturated carbocycles. The molecular weight excluding hydrogens is 356 g/mol. The van der Waals surface area contributed by atoms with Crippen molar-refractivity contribution in [2.45, 2.75) is 13.2 Å². The van der Waals surface area contributed by atoms with Gasteiger partial charge in [0.05, 0.1) is 5.02 Å². The third-order valence-corrected chi connectivity index (χ3v) is 4.24. The summed E-state index contributed by atoms with van der Waals surface area (Å²) in [5, 5.41) is 0.496. The number of hydrogen-bond donors (Lipinski definition) is 0. The van der Waals surface area contributed by atoms with Crippen LogP contribution in [-0.2, 0) is 13.2 Å². The summed E-state index contributed by atoms with van der Waals surface area (Å²) in [5.74, 6) is 6.45. The minimum absolute atomic E-state index is 0.409. The Bertz CT molecular complexity index is 991. The second-order valence-corrected chi connectivity index (χ2v) is 6.26. The van der Waals surface area contributed by atoms with Gasteiger partial charge in [-0.2, -0.15) is 0 Å². The van der Waals surface area contributed by atoms with E-state index in [0.717, 1.165) is 22.3 Å². The highest BCUT2D eigenvalue weighted by Crippen LogP contribution is 2.30. The molecule has 0 aliphatic rings. The van der Waals surface area contributed by atoms with Crippen LogP contribution in [0.5, 0.6) is 11.5 Å². The molecule has 0 radical (unpaired) electrons. The zero-order valence-electron chi connectivity index (χ0n) is 14.6. The molecule has 0 fully saturated rings. The Hall–Kier alpha value is -3.33. The van der Waals surface area contributed by atoms with Crippen molar-refractivity contribution in [3.05, 3.63) is 94.0 Å². The van der Waals surface area contributed by atoms with Gasteiger partial charge in [0, 0.05) is 17.2 Å². The van der Waals surface area contributed by atoms with Crippen LogP contribution >= 0.6 is 11.6 Å². The first kappa shape index (κ1) is 18.5. The number of ether oxygens (including phenoxy) is 2. The van der Waals surface area contributed by atoms with Crippen LogP contribution in [0.25, 0.3) is 0 Å². The summed E-state index contributed by atoms with van der Waals surface area (Å²) < 4.78 is 11.6. The molecule has 0 atom stereocenters. The summed E-state index contributed by atoms with van der Waals surface area (Å²) in [6.07, 6.45) is 10.7. The van der Waals surface area contributed by atoms with Crippen molar-refractivity contribution in [3.63, 3.8) is 0 Å². The number of rotatable bonds is 6. The fraction of sp³-hybridized carbons (Fsp3) is 0.0833. The third kappa shape index (κ3) is 5.08. The lowest BCUT2D eigenvalue weighted by Gasteiger charge is -2.11. The molecule has 132 valence electrons. The second kappa shape index (κ2) is 8.86. The summed E-state index contributed by atoms with van der Waals surface area (Å²) in [4.78, 5) is 0. The van der Waals surface area contributed by atoms with Crippen LogP contribution in [0.1, 0.15) is 22.3 Å². The van der Waals surface area contributed by atoms with E-state index in [4.69, 9.17) is 33.9 Å². The van der Waals surface area contributed by atoms with Gasteiger partial charge in [0.2, 0.25) is 0 Å². The first-order chi connectivity index (χ1) is 13.2. The van der Waals surface area contributed by atoms with Crippen LogP contribution in [0, 0.1) is 24.7 Å². The molecule has 27 heavy (non-hydrogen) atoms. The molecule has 0 spiro atoms. The summed E-state index contributed by atoms with van der Waals surface area (Å²) in [6.45, 7) is 0.842. The topological polar surface area (TPSA) is 18.5 Å². The predicted molar refractivity (Wildman–Crippen MR) is 109 cm³/mol. The summed E-state index contributed by atoms with van der Waals surface area (Å²) in [5.41, 5.74) is 3.73. The van der Waals surface area contributed by atoms with E-state index in [2.05, 4.69) is 11.8 Å². The van der Waals surface area contributed by atoms with E-state index >= 15 is 0 Å². The lowest BCUT2D eigenvalue weighted by molar-refractivity contribution is 0.297. The van der Waals surface area contributed by atoms with Crippen molar-refractivity contribution in [1.82, 2.24) is 0 Å². The van der Waals surface area contributed by atoms with Gasteiger partial charge in [-0.05, 0) is 47.5 Å². The van der Waals surface area contributed by atoms with E-state index in [9.17, 15) is 0 Å². The average molecular weight is 373 g/mol. The Balaban J connectivity index is 1.57. The van der Waals surface area contributed by atoms with Crippen molar-refractivity contribution in [2.75, 3.05) is 0 Å². The van der Waals surface area contributed by atoms with E-state index < -0.39 is 0 Å². The van der Waals surface area contributed by atoms with Crippen molar-refractivity contribution in [2.24, 2.45) is 0 Å². The van der Waals surface area contributed by atoms with E-state index in [1.165, 1.54) is 0 Å². The first-order valence-corrected chi connectivity index (χ1v) is 8.72. The van der Waals surface area contributed by atoms with Crippen molar-refractivity contribution >= 4 is 11.6 Å². The molecule has 0 aliphatic heterocycles. The Morgan fingerprint density at radius 2 is 1.22 bits per heavy atom. The molecule has 0 aliphatic carbocycles. The highest BCUT2D eigenvalue weighted by atomic mass is 35.5. The summed E-state index contributed by atoms with van der Waals surface area (Å²) in [7, 11) is 0. The molecule has 3 aromatic rings. The van der Waals surface area contributed by atoms with Gasteiger partial charge in [-0.3, -0.25) is 0 Å². The van der Waals surface area contributed by atoms with E-state index in [-0.39, 0.29) is 0 Å². The maximum atomic E-state index is 6.31. The highest BCUT2D eigenvalue weighted by Gasteiger charge is 2.05. The highest BCUT2D eigenvalue weighted by molar-refractivity contribution is 6.32. The fourth-order valence-electron chi connectivity index (χ4n) is 2.41. The molecule has 0 saturated heterocycles. The molecule has 0 unspecified atom stereocenters. The summed E-state index contributed by atoms with van der Waals surface area (Å²) >= 11 is 6.31. The number of benzene rings is 3. The zero-order chi connectivity index (χ0) is 19.1. The van der Waals surface area contributed by atoms with Gasteiger partial charge in [0.1, 0.15) is 24.7 Å². The van der Waals surface area contributed by atoms with Gasteiger partial charge in [0.25, 0.3) is 0 Å². The Kier molecular flexibility index (Phi) is 6.06. The van der Waals surface area contributed by atoms with E-state index in [0.29, 0.717) is 29.7 Å². The number of terminal acetylenes is 2. The van der Waals surface area contributed by atoms with Crippen molar-refractivity contribution in [3.8, 4) is 36.2 Å². The number of hydrogen-bond acceptors (Lipinski definition) is 2. The second-order valence-electron chi connectivity index (χ2n) is 5.85. The Labute approximate surface area is 164 Å². The van der Waals surface area contributed by atoms with E-state index in [1.54, 1.807) is 12.1 Å². The van der Waals surface area contributed by atoms with Crippen LogP contribution in [0.3, 0.4) is 0 Å². The van der Waals surface area contributed by atoms with Gasteiger partial charge < -0.3 is 9.47 Å². The lowest BCUT2D eigenvalue weighted by atomic mass is 10.1. The molecule has 3 aromatic carbocycles. The van der Waals surface area contributed by atoms with Crippen LogP contribution in [0.15, 0.2) is 66.7 Å². The normalized spacial score (nSPS) is 9.89. The van der Waals surface area contributed by atoms with Crippen LogP contribution in [-0.4, -0.2) is 0 Å². The van der Waals surface area contributed by atoms with Gasteiger partial charge in [-0.15, -0.1) is 12.8 Å². The van der Waals surface area contributed by atoms with Crippen molar-refractivity contribution in [1.29, 1.82) is 0 Å². The third-order valence-electron chi connectivity index (χ3n) is 3.94. The van der Waals surface area contributed by atoms with Crippen LogP contribution in [0.2, 0.25) is 5.02 Å². The molecule has 2 nitrogen and oxygen atoms in total. The molecular formula is C24H17ClO2. The monoisotopic (exact) mass is 372 g/mol. The van der Waals surface area contributed by atoms with Crippen molar-refractivity contribution < 1.29 is 9.47 Å². The molecule has 0 aromatic heterocycles. The molecule has 0 N–H and O–H groups in total. The largest absolute Gasteiger partial charge is 0.489 e. The lowest BCUT2D eigenvalue weighted by Crippen LogP contribution is -1.98. The first-order valence-electron chi connectivity index (χ1n) is 8.34. The smallest absolute Gasteiger partial charge is 0.138 e. The zero-order valence-corrected chi connectivity index (χ0v) is 15.4. The minimum Gasteiger partial charge on any atom is -0.489 e. The van der Waals surface area contributed by atoms with Gasteiger partial charge in [0.15, 0.2) is 0 Å². The van der Waals surface area contributed by atoms with Gasteiger partial charge >= 0.3 is 0 Å². The summed E-state index contributed by atoms with van der Waals surface area (Å²) in [6, 6.07) is 20.7. The Morgan fingerprint density at radius 3 is 1.70 bits per heavy atom. The standard InChI is InChI=1S/C24H17ClO2/c1-3-18-5-9-20(10-6-18)16-26-22-13-14-24(23(25)15-22)27-17-21-11-7-19(4-2)8-12-21/h1-2,5-15H,16-17H2. The molecule has 0 bridgehead atoms. The predicted octanol–water partition coefficient (Wildman–Crippen LogP) is 5.46. The average Bonchev–Trinajstić information content (AvgIpc) is 2.72. The molecule has 0 amide bonds. The maximum absolute atomic E-state index is 6.31. The fourth-order valence-corrected chi connectivity index (χ4v) is 2.64. The SMILES string of the molecule is C#Cc1ccc(COc2ccc(OCc3ccc(C#C)cc3)c(Cl)c2)cc1. The molecule has 3 rings (SSSR count). The van der Waals surface area contributed by atoms with Crippen LogP contribution in [0.4, 0.5) is 0 Å². The van der Waals surface area contributed by atoms with Gasteiger partial charge in [-0.25, -0.2) is 0 Å².